The first-order chi connectivity index (χ1) is 6.43. The van der Waals surface area contributed by atoms with Gasteiger partial charge in [-0.1, -0.05) is 0 Å². The monoisotopic (exact) mass is 206 g/mol. The normalized spacial score (nSPS) is 10.5. The molecule has 1 rings (SSSR count). The maximum absolute atomic E-state index is 12.2. The molecule has 0 amide bonds. The molecule has 0 aliphatic carbocycles. The second-order valence-electron chi connectivity index (χ2n) is 2.35. The molecule has 0 radical (unpaired) electrons. The second kappa shape index (κ2) is 3.40. The number of aromatic hydroxyl groups is 1. The summed E-state index contributed by atoms with van der Waals surface area (Å²) in [5, 5.41) is 19.0. The predicted octanol–water partition coefficient (Wildman–Crippen LogP) is 0.926. The molecule has 8 heteroatoms. The molecular weight excluding hydrogens is 202 g/mol. The average molecular weight is 206 g/mol. The highest BCUT2D eigenvalue weighted by atomic mass is 19.3. The van der Waals surface area contributed by atoms with Crippen LogP contribution in [0.5, 0.6) is 5.75 Å². The molecule has 1 aromatic rings. The topological polar surface area (TPSA) is 96.2 Å². The van der Waals surface area contributed by atoms with Crippen LogP contribution < -0.4 is 5.56 Å². The smallest absolute Gasteiger partial charge is 0.373 e. The van der Waals surface area contributed by atoms with E-state index in [4.69, 9.17) is 5.11 Å². The first-order valence-electron chi connectivity index (χ1n) is 3.32. The van der Waals surface area contributed by atoms with Crippen molar-refractivity contribution in [1.82, 2.24) is 4.98 Å². The molecule has 0 aliphatic rings. The van der Waals surface area contributed by atoms with Gasteiger partial charge >= 0.3 is 11.4 Å². The van der Waals surface area contributed by atoms with E-state index in [1.807, 2.05) is 0 Å². The van der Waals surface area contributed by atoms with Gasteiger partial charge in [0.25, 0.3) is 6.43 Å². The maximum atomic E-state index is 12.2. The Morgan fingerprint density at radius 3 is 2.57 bits per heavy atom. The zero-order valence-electron chi connectivity index (χ0n) is 6.53. The molecule has 0 fully saturated rings. The highest BCUT2D eigenvalue weighted by Crippen LogP contribution is 2.27. The van der Waals surface area contributed by atoms with Crippen LogP contribution in [0.2, 0.25) is 0 Å². The molecule has 76 valence electrons. The number of nitrogens with one attached hydrogen (secondary N) is 1. The van der Waals surface area contributed by atoms with Gasteiger partial charge in [0.2, 0.25) is 5.75 Å². The lowest BCUT2D eigenvalue weighted by Gasteiger charge is -2.01. The van der Waals surface area contributed by atoms with Crippen LogP contribution in [0.25, 0.3) is 0 Å². The highest BCUT2D eigenvalue weighted by molar-refractivity contribution is 5.38. The Morgan fingerprint density at radius 2 is 2.14 bits per heavy atom. The number of aromatic amines is 1. The minimum absolute atomic E-state index is 0.377. The minimum Gasteiger partial charge on any atom is -0.501 e. The van der Waals surface area contributed by atoms with E-state index >= 15 is 0 Å². The summed E-state index contributed by atoms with van der Waals surface area (Å²) in [5.41, 5.74) is -2.20. The van der Waals surface area contributed by atoms with Gasteiger partial charge in [0.1, 0.15) is 5.56 Å². The number of alkyl halides is 2. The van der Waals surface area contributed by atoms with Crippen LogP contribution >= 0.6 is 0 Å². The molecule has 0 bridgehead atoms. The molecule has 0 aromatic carbocycles. The first kappa shape index (κ1) is 10.1. The third-order valence-electron chi connectivity index (χ3n) is 1.45. The van der Waals surface area contributed by atoms with Gasteiger partial charge in [0.05, 0.1) is 0 Å². The summed E-state index contributed by atoms with van der Waals surface area (Å²) < 4.78 is 24.3. The Kier molecular flexibility index (Phi) is 2.45. The van der Waals surface area contributed by atoms with Crippen molar-refractivity contribution in [3.05, 3.63) is 32.1 Å². The lowest BCUT2D eigenvalue weighted by Crippen LogP contribution is -2.10. The Bertz CT molecular complexity index is 428. The molecule has 14 heavy (non-hydrogen) atoms. The van der Waals surface area contributed by atoms with Crippen molar-refractivity contribution in [2.45, 2.75) is 6.43 Å². The maximum Gasteiger partial charge on any atom is 0.373 e. The fraction of sp³-hybridized carbons (Fsp3) is 0.167. The summed E-state index contributed by atoms with van der Waals surface area (Å²) in [4.78, 5) is 21.3. The molecule has 0 spiro atoms. The Morgan fingerprint density at radius 1 is 1.57 bits per heavy atom. The van der Waals surface area contributed by atoms with Gasteiger partial charge in [-0.3, -0.25) is 0 Å². The lowest BCUT2D eigenvalue weighted by atomic mass is 10.2. The summed E-state index contributed by atoms with van der Waals surface area (Å²) in [5.74, 6) is -2.09. The molecule has 1 aromatic heterocycles. The third-order valence-corrected chi connectivity index (χ3v) is 1.45. The van der Waals surface area contributed by atoms with Crippen molar-refractivity contribution < 1.29 is 18.8 Å². The SMILES string of the molecule is O=c1[nH]c([N+](=O)[O-])c(C(F)F)cc1O. The van der Waals surface area contributed by atoms with E-state index in [2.05, 4.69) is 0 Å². The van der Waals surface area contributed by atoms with E-state index in [0.29, 0.717) is 6.07 Å². The van der Waals surface area contributed by atoms with Crippen molar-refractivity contribution in [3.63, 3.8) is 0 Å². The van der Waals surface area contributed by atoms with Crippen molar-refractivity contribution in [2.75, 3.05) is 0 Å². The van der Waals surface area contributed by atoms with Gasteiger partial charge in [0.15, 0.2) is 0 Å². The van der Waals surface area contributed by atoms with E-state index in [-0.39, 0.29) is 0 Å². The summed E-state index contributed by atoms with van der Waals surface area (Å²) in [6, 6.07) is 0.377. The average Bonchev–Trinajstić information content (AvgIpc) is 2.08. The standard InChI is InChI=1S/C6H4F2N2O4/c7-4(8)2-1-3(11)6(12)9-5(2)10(13)14/h1,4,11H,(H,9,12). The summed E-state index contributed by atoms with van der Waals surface area (Å²) in [6.45, 7) is 0. The van der Waals surface area contributed by atoms with Crippen LogP contribution in [0, 0.1) is 10.1 Å². The second-order valence-corrected chi connectivity index (χ2v) is 2.35. The van der Waals surface area contributed by atoms with Gasteiger partial charge < -0.3 is 15.2 Å². The minimum atomic E-state index is -3.14. The number of hydrogen-bond donors (Lipinski definition) is 2. The molecule has 0 aliphatic heterocycles. The predicted molar refractivity (Wildman–Crippen MR) is 40.3 cm³/mol. The lowest BCUT2D eigenvalue weighted by molar-refractivity contribution is -0.391. The fourth-order valence-corrected chi connectivity index (χ4v) is 0.842. The quantitative estimate of drug-likeness (QED) is 0.555. The van der Waals surface area contributed by atoms with Gasteiger partial charge in [-0.25, -0.2) is 13.6 Å². The largest absolute Gasteiger partial charge is 0.501 e. The molecule has 0 saturated heterocycles. The van der Waals surface area contributed by atoms with Crippen molar-refractivity contribution >= 4 is 5.82 Å². The van der Waals surface area contributed by atoms with E-state index in [1.54, 1.807) is 4.98 Å². The van der Waals surface area contributed by atoms with Gasteiger partial charge in [-0.15, -0.1) is 0 Å². The van der Waals surface area contributed by atoms with Gasteiger partial charge in [-0.05, 0) is 4.92 Å². The highest BCUT2D eigenvalue weighted by Gasteiger charge is 2.23. The van der Waals surface area contributed by atoms with E-state index in [9.17, 15) is 23.7 Å². The molecule has 6 nitrogen and oxygen atoms in total. The number of rotatable bonds is 2. The Balaban J connectivity index is 3.47. The molecular formula is C6H4F2N2O4. The van der Waals surface area contributed by atoms with Crippen molar-refractivity contribution in [3.8, 4) is 5.75 Å². The molecule has 1 heterocycles. The Hall–Kier alpha value is -1.99. The van der Waals surface area contributed by atoms with Gasteiger partial charge in [0, 0.05) is 6.07 Å². The van der Waals surface area contributed by atoms with Crippen LogP contribution in [-0.2, 0) is 0 Å². The number of pyridine rings is 1. The Labute approximate surface area is 75.0 Å². The third kappa shape index (κ3) is 1.68. The zero-order valence-corrected chi connectivity index (χ0v) is 6.53. The number of halogens is 2. The zero-order chi connectivity index (χ0) is 10.9. The van der Waals surface area contributed by atoms with Crippen LogP contribution in [0.3, 0.4) is 0 Å². The molecule has 0 atom stereocenters. The molecule has 0 unspecified atom stereocenters. The van der Waals surface area contributed by atoms with Gasteiger partial charge in [-0.2, -0.15) is 4.98 Å². The van der Waals surface area contributed by atoms with Crippen molar-refractivity contribution in [2.24, 2.45) is 0 Å². The number of H-pyrrole nitrogens is 1. The van der Waals surface area contributed by atoms with E-state index in [0.717, 1.165) is 0 Å². The van der Waals surface area contributed by atoms with Crippen LogP contribution in [0.4, 0.5) is 14.6 Å². The number of aromatic nitrogens is 1. The summed E-state index contributed by atoms with van der Waals surface area (Å²) in [6.07, 6.45) is -3.14. The molecule has 2 N–H and O–H groups in total. The summed E-state index contributed by atoms with van der Waals surface area (Å²) in [7, 11) is 0. The van der Waals surface area contributed by atoms with E-state index < -0.39 is 34.0 Å². The van der Waals surface area contributed by atoms with E-state index in [1.165, 1.54) is 0 Å². The number of nitrogens with zero attached hydrogens (tertiary/aromatic N) is 1. The number of hydrogen-bond acceptors (Lipinski definition) is 4. The first-order valence-corrected chi connectivity index (χ1v) is 3.32. The summed E-state index contributed by atoms with van der Waals surface area (Å²) >= 11 is 0. The fourth-order valence-electron chi connectivity index (χ4n) is 0.842. The van der Waals surface area contributed by atoms with Crippen LogP contribution in [-0.4, -0.2) is 15.0 Å². The van der Waals surface area contributed by atoms with Crippen LogP contribution in [0.15, 0.2) is 10.9 Å². The molecule has 0 saturated carbocycles. The number of nitro groups is 1. The van der Waals surface area contributed by atoms with Crippen molar-refractivity contribution in [1.29, 1.82) is 0 Å². The van der Waals surface area contributed by atoms with Crippen LogP contribution in [0.1, 0.15) is 12.0 Å².